The van der Waals surface area contributed by atoms with E-state index in [2.05, 4.69) is 45.9 Å². The van der Waals surface area contributed by atoms with Gasteiger partial charge in [-0.15, -0.1) is 11.3 Å². The first-order chi connectivity index (χ1) is 9.90. The zero-order chi connectivity index (χ0) is 13.4. The fraction of sp³-hybridized carbons (Fsp3) is 0.412. The third-order valence-electron chi connectivity index (χ3n) is 4.31. The molecule has 0 amide bonds. The fourth-order valence-electron chi connectivity index (χ4n) is 2.94. The second kappa shape index (κ2) is 5.23. The molecule has 2 aromatic rings. The first-order valence-corrected chi connectivity index (χ1v) is 8.39. The van der Waals surface area contributed by atoms with Crippen LogP contribution in [0.15, 0.2) is 35.7 Å². The number of fused-ring (bicyclic) bond motifs is 1. The second-order valence-corrected chi connectivity index (χ2v) is 6.79. The molecule has 104 valence electrons. The van der Waals surface area contributed by atoms with E-state index in [1.165, 1.54) is 24.9 Å². The van der Waals surface area contributed by atoms with Gasteiger partial charge in [-0.05, 0) is 47.9 Å². The summed E-state index contributed by atoms with van der Waals surface area (Å²) in [6, 6.07) is 11.6. The van der Waals surface area contributed by atoms with Gasteiger partial charge in [0.1, 0.15) is 0 Å². The Hall–Kier alpha value is -1.32. The quantitative estimate of drug-likeness (QED) is 0.923. The molecule has 1 aromatic carbocycles. The van der Waals surface area contributed by atoms with Gasteiger partial charge in [0, 0.05) is 29.7 Å². The molecule has 2 nitrogen and oxygen atoms in total. The summed E-state index contributed by atoms with van der Waals surface area (Å²) in [5.74, 6) is 0. The van der Waals surface area contributed by atoms with Gasteiger partial charge in [0.15, 0.2) is 0 Å². The van der Waals surface area contributed by atoms with Crippen LogP contribution >= 0.6 is 11.3 Å². The summed E-state index contributed by atoms with van der Waals surface area (Å²) < 4.78 is 0. The van der Waals surface area contributed by atoms with Crippen molar-refractivity contribution in [2.75, 3.05) is 11.4 Å². The van der Waals surface area contributed by atoms with Crippen molar-refractivity contribution in [1.82, 2.24) is 5.32 Å². The van der Waals surface area contributed by atoms with Gasteiger partial charge in [-0.1, -0.05) is 18.2 Å². The highest BCUT2D eigenvalue weighted by Crippen LogP contribution is 2.31. The number of thiophene rings is 1. The lowest BCUT2D eigenvalue weighted by atomic mass is 10.0. The molecule has 20 heavy (non-hydrogen) atoms. The summed E-state index contributed by atoms with van der Waals surface area (Å²) in [6.45, 7) is 3.29. The Labute approximate surface area is 124 Å². The summed E-state index contributed by atoms with van der Waals surface area (Å²) >= 11 is 1.94. The number of anilines is 1. The number of benzene rings is 1. The largest absolute Gasteiger partial charge is 0.366 e. The zero-order valence-electron chi connectivity index (χ0n) is 11.6. The molecule has 0 atom stereocenters. The molecule has 1 fully saturated rings. The molecule has 1 saturated carbocycles. The van der Waals surface area contributed by atoms with Crippen LogP contribution < -0.4 is 10.2 Å². The van der Waals surface area contributed by atoms with E-state index in [0.717, 1.165) is 25.7 Å². The van der Waals surface area contributed by atoms with Crippen molar-refractivity contribution in [2.24, 2.45) is 0 Å². The average molecular weight is 284 g/mol. The first-order valence-electron chi connectivity index (χ1n) is 7.51. The SMILES string of the molecule is c1ccc(N2CCc3c(CNC4CC4)csc3C2)cc1. The van der Waals surface area contributed by atoms with Crippen LogP contribution in [0.2, 0.25) is 0 Å². The maximum Gasteiger partial charge on any atom is 0.0525 e. The van der Waals surface area contributed by atoms with E-state index >= 15 is 0 Å². The highest BCUT2D eigenvalue weighted by Gasteiger charge is 2.23. The molecule has 0 bridgehead atoms. The minimum absolute atomic E-state index is 0.801. The van der Waals surface area contributed by atoms with Crippen molar-refractivity contribution >= 4 is 17.0 Å². The lowest BCUT2D eigenvalue weighted by Gasteiger charge is -2.29. The van der Waals surface area contributed by atoms with E-state index in [4.69, 9.17) is 0 Å². The Morgan fingerprint density at radius 1 is 1.20 bits per heavy atom. The Morgan fingerprint density at radius 3 is 2.85 bits per heavy atom. The number of rotatable bonds is 4. The minimum atomic E-state index is 0.801. The van der Waals surface area contributed by atoms with E-state index in [-0.39, 0.29) is 0 Å². The molecular formula is C17H20N2S. The molecule has 0 spiro atoms. The molecule has 0 radical (unpaired) electrons. The Kier molecular flexibility index (Phi) is 3.25. The van der Waals surface area contributed by atoms with Gasteiger partial charge in [-0.2, -0.15) is 0 Å². The molecule has 2 heterocycles. The molecule has 3 heteroatoms. The predicted molar refractivity (Wildman–Crippen MR) is 85.4 cm³/mol. The van der Waals surface area contributed by atoms with E-state index in [0.29, 0.717) is 0 Å². The van der Waals surface area contributed by atoms with E-state index in [1.54, 1.807) is 16.0 Å². The van der Waals surface area contributed by atoms with Gasteiger partial charge < -0.3 is 10.2 Å². The Balaban J connectivity index is 1.49. The van der Waals surface area contributed by atoms with Crippen LogP contribution in [0, 0.1) is 0 Å². The maximum atomic E-state index is 3.65. The van der Waals surface area contributed by atoms with Crippen molar-refractivity contribution in [3.8, 4) is 0 Å². The van der Waals surface area contributed by atoms with E-state index in [1.807, 2.05) is 11.3 Å². The molecular weight excluding hydrogens is 264 g/mol. The smallest absolute Gasteiger partial charge is 0.0525 e. The number of hydrogen-bond donors (Lipinski definition) is 1. The predicted octanol–water partition coefficient (Wildman–Crippen LogP) is 3.56. The molecule has 1 aromatic heterocycles. The highest BCUT2D eigenvalue weighted by molar-refractivity contribution is 7.10. The number of hydrogen-bond acceptors (Lipinski definition) is 3. The van der Waals surface area contributed by atoms with Crippen LogP contribution in [0.1, 0.15) is 28.8 Å². The fourth-order valence-corrected chi connectivity index (χ4v) is 4.06. The average Bonchev–Trinajstić information content (AvgIpc) is 3.25. The topological polar surface area (TPSA) is 15.3 Å². The van der Waals surface area contributed by atoms with Crippen molar-refractivity contribution in [3.05, 3.63) is 51.7 Å². The molecule has 4 rings (SSSR count). The molecule has 0 unspecified atom stereocenters. The normalized spacial score (nSPS) is 18.1. The molecule has 2 aliphatic rings. The second-order valence-electron chi connectivity index (χ2n) is 5.82. The van der Waals surface area contributed by atoms with Crippen molar-refractivity contribution < 1.29 is 0 Å². The van der Waals surface area contributed by atoms with E-state index < -0.39 is 0 Å². The van der Waals surface area contributed by atoms with Crippen LogP contribution in [0.25, 0.3) is 0 Å². The summed E-state index contributed by atoms with van der Waals surface area (Å²) in [7, 11) is 0. The van der Waals surface area contributed by atoms with Crippen LogP contribution in [0.5, 0.6) is 0 Å². The number of nitrogens with one attached hydrogen (secondary N) is 1. The van der Waals surface area contributed by atoms with Crippen LogP contribution in [0.4, 0.5) is 5.69 Å². The summed E-state index contributed by atoms with van der Waals surface area (Å²) in [5.41, 5.74) is 4.52. The van der Waals surface area contributed by atoms with Gasteiger partial charge in [-0.3, -0.25) is 0 Å². The van der Waals surface area contributed by atoms with Gasteiger partial charge in [0.2, 0.25) is 0 Å². The van der Waals surface area contributed by atoms with E-state index in [9.17, 15) is 0 Å². The van der Waals surface area contributed by atoms with Gasteiger partial charge in [-0.25, -0.2) is 0 Å². The maximum absolute atomic E-state index is 3.65. The minimum Gasteiger partial charge on any atom is -0.366 e. The lowest BCUT2D eigenvalue weighted by Crippen LogP contribution is -2.30. The third kappa shape index (κ3) is 2.48. The summed E-state index contributed by atoms with van der Waals surface area (Å²) in [6.07, 6.45) is 3.93. The van der Waals surface area contributed by atoms with Crippen LogP contribution in [-0.4, -0.2) is 12.6 Å². The van der Waals surface area contributed by atoms with Gasteiger partial charge in [0.05, 0.1) is 6.54 Å². The first kappa shape index (κ1) is 12.4. The molecule has 0 saturated heterocycles. The monoisotopic (exact) mass is 284 g/mol. The summed E-state index contributed by atoms with van der Waals surface area (Å²) in [5, 5.41) is 6.01. The van der Waals surface area contributed by atoms with Crippen LogP contribution in [-0.2, 0) is 19.5 Å². The van der Waals surface area contributed by atoms with Crippen molar-refractivity contribution in [3.63, 3.8) is 0 Å². The highest BCUT2D eigenvalue weighted by atomic mass is 32.1. The number of para-hydroxylation sites is 1. The Bertz CT molecular complexity index is 586. The Morgan fingerprint density at radius 2 is 2.05 bits per heavy atom. The van der Waals surface area contributed by atoms with Crippen molar-refractivity contribution in [2.45, 2.75) is 38.4 Å². The van der Waals surface area contributed by atoms with Crippen molar-refractivity contribution in [1.29, 1.82) is 0 Å². The molecule has 1 aliphatic heterocycles. The van der Waals surface area contributed by atoms with Crippen LogP contribution in [0.3, 0.4) is 0 Å². The standard InChI is InChI=1S/C17H20N2S/c1-2-4-15(5-3-1)19-9-8-16-13(10-18-14-6-7-14)12-20-17(16)11-19/h1-5,12,14,18H,6-11H2. The summed E-state index contributed by atoms with van der Waals surface area (Å²) in [4.78, 5) is 4.06. The van der Waals surface area contributed by atoms with Gasteiger partial charge >= 0.3 is 0 Å². The third-order valence-corrected chi connectivity index (χ3v) is 5.38. The zero-order valence-corrected chi connectivity index (χ0v) is 12.5. The molecule has 1 aliphatic carbocycles. The van der Waals surface area contributed by atoms with Gasteiger partial charge in [0.25, 0.3) is 0 Å². The lowest BCUT2D eigenvalue weighted by molar-refractivity contribution is 0.673. The molecule has 1 N–H and O–H groups in total. The number of nitrogens with zero attached hydrogens (tertiary/aromatic N) is 1.